The predicted molar refractivity (Wildman–Crippen MR) is 135 cm³/mol. The Morgan fingerprint density at radius 3 is 2.38 bits per heavy atom. The second-order valence-corrected chi connectivity index (χ2v) is 9.41. The molecule has 0 saturated carbocycles. The first-order valence-electron chi connectivity index (χ1n) is 12.5. The molecule has 0 N–H and O–H groups in total. The lowest BCUT2D eigenvalue weighted by Crippen LogP contribution is -2.36. The lowest BCUT2D eigenvalue weighted by molar-refractivity contribution is -0.133. The minimum Gasteiger partial charge on any atom is -0.497 e. The Balaban J connectivity index is 1.34. The SMILES string of the molecule is COc1ccc(-n2c3c(c4cc(OC)ccc42)CN(CCCCN2CCCCC2=O)CC3)cc1. The molecule has 1 saturated heterocycles. The third-order valence-corrected chi connectivity index (χ3v) is 7.34. The van der Waals surface area contributed by atoms with Gasteiger partial charge in [0, 0.05) is 55.8 Å². The van der Waals surface area contributed by atoms with Crippen molar-refractivity contribution in [3.05, 3.63) is 53.7 Å². The molecule has 6 nitrogen and oxygen atoms in total. The van der Waals surface area contributed by atoms with Crippen molar-refractivity contribution in [2.75, 3.05) is 40.4 Å². The van der Waals surface area contributed by atoms with Gasteiger partial charge in [-0.3, -0.25) is 9.69 Å². The largest absolute Gasteiger partial charge is 0.497 e. The van der Waals surface area contributed by atoms with Gasteiger partial charge >= 0.3 is 0 Å². The van der Waals surface area contributed by atoms with Gasteiger partial charge in [0.05, 0.1) is 19.7 Å². The molecule has 0 spiro atoms. The molecule has 2 aromatic carbocycles. The van der Waals surface area contributed by atoms with Gasteiger partial charge < -0.3 is 18.9 Å². The average Bonchev–Trinajstić information content (AvgIpc) is 3.20. The third-order valence-electron chi connectivity index (χ3n) is 7.34. The van der Waals surface area contributed by atoms with Gasteiger partial charge in [-0.25, -0.2) is 0 Å². The molecule has 0 aliphatic carbocycles. The smallest absolute Gasteiger partial charge is 0.222 e. The van der Waals surface area contributed by atoms with Gasteiger partial charge in [0.15, 0.2) is 0 Å². The van der Waals surface area contributed by atoms with Crippen LogP contribution in [-0.2, 0) is 17.8 Å². The van der Waals surface area contributed by atoms with Crippen LogP contribution >= 0.6 is 0 Å². The maximum atomic E-state index is 12.1. The van der Waals surface area contributed by atoms with E-state index in [-0.39, 0.29) is 0 Å². The molecule has 0 atom stereocenters. The minimum atomic E-state index is 0.342. The van der Waals surface area contributed by atoms with Gasteiger partial charge in [-0.15, -0.1) is 0 Å². The number of carbonyl (C=O) groups is 1. The van der Waals surface area contributed by atoms with Gasteiger partial charge in [0.1, 0.15) is 11.5 Å². The Morgan fingerprint density at radius 1 is 0.853 bits per heavy atom. The summed E-state index contributed by atoms with van der Waals surface area (Å²) in [4.78, 5) is 16.7. The lowest BCUT2D eigenvalue weighted by atomic mass is 10.0. The molecule has 6 heteroatoms. The lowest BCUT2D eigenvalue weighted by Gasteiger charge is -2.29. The molecule has 1 amide bonds. The number of carbonyl (C=O) groups excluding carboxylic acids is 1. The summed E-state index contributed by atoms with van der Waals surface area (Å²) in [6.07, 6.45) is 6.17. The summed E-state index contributed by atoms with van der Waals surface area (Å²) in [5.74, 6) is 2.10. The van der Waals surface area contributed by atoms with Crippen LogP contribution < -0.4 is 9.47 Å². The van der Waals surface area contributed by atoms with Crippen LogP contribution in [0, 0.1) is 0 Å². The molecule has 34 heavy (non-hydrogen) atoms. The Kier molecular flexibility index (Phi) is 6.77. The van der Waals surface area contributed by atoms with Crippen LogP contribution in [0.25, 0.3) is 16.6 Å². The van der Waals surface area contributed by atoms with Gasteiger partial charge in [-0.05, 0) is 80.3 Å². The molecule has 2 aliphatic heterocycles. The molecule has 3 heterocycles. The number of piperidine rings is 1. The van der Waals surface area contributed by atoms with Gasteiger partial charge in [0.2, 0.25) is 5.91 Å². The van der Waals surface area contributed by atoms with Crippen molar-refractivity contribution in [3.63, 3.8) is 0 Å². The number of unbranched alkanes of at least 4 members (excludes halogenated alkanes) is 1. The van der Waals surface area contributed by atoms with Crippen LogP contribution in [-0.4, -0.2) is 60.7 Å². The summed E-state index contributed by atoms with van der Waals surface area (Å²) in [5.41, 5.74) is 5.18. The van der Waals surface area contributed by atoms with Crippen LogP contribution in [0.4, 0.5) is 0 Å². The first-order chi connectivity index (χ1) is 16.7. The topological polar surface area (TPSA) is 46.9 Å². The highest BCUT2D eigenvalue weighted by molar-refractivity contribution is 5.89. The summed E-state index contributed by atoms with van der Waals surface area (Å²) in [5, 5.41) is 1.27. The maximum absolute atomic E-state index is 12.1. The zero-order chi connectivity index (χ0) is 23.5. The highest BCUT2D eigenvalue weighted by atomic mass is 16.5. The Morgan fingerprint density at radius 2 is 1.62 bits per heavy atom. The van der Waals surface area contributed by atoms with Crippen molar-refractivity contribution >= 4 is 16.8 Å². The number of methoxy groups -OCH3 is 2. The number of nitrogens with zero attached hydrogens (tertiary/aromatic N) is 3. The summed E-state index contributed by atoms with van der Waals surface area (Å²) in [6, 6.07) is 14.7. The van der Waals surface area contributed by atoms with Crippen molar-refractivity contribution < 1.29 is 14.3 Å². The molecule has 5 rings (SSSR count). The maximum Gasteiger partial charge on any atom is 0.222 e. The number of ether oxygens (including phenoxy) is 2. The average molecular weight is 462 g/mol. The number of amides is 1. The molecule has 1 fully saturated rings. The van der Waals surface area contributed by atoms with Crippen molar-refractivity contribution in [2.24, 2.45) is 0 Å². The van der Waals surface area contributed by atoms with Crippen LogP contribution in [0.2, 0.25) is 0 Å². The van der Waals surface area contributed by atoms with E-state index in [1.54, 1.807) is 14.2 Å². The first-order valence-corrected chi connectivity index (χ1v) is 12.5. The van der Waals surface area contributed by atoms with E-state index in [4.69, 9.17) is 9.47 Å². The Labute approximate surface area is 202 Å². The highest BCUT2D eigenvalue weighted by Crippen LogP contribution is 2.36. The summed E-state index contributed by atoms with van der Waals surface area (Å²) < 4.78 is 13.3. The van der Waals surface area contributed by atoms with Crippen LogP contribution in [0.15, 0.2) is 42.5 Å². The van der Waals surface area contributed by atoms with Gasteiger partial charge in [-0.2, -0.15) is 0 Å². The molecule has 1 aromatic heterocycles. The van der Waals surface area contributed by atoms with Crippen LogP contribution in [0.5, 0.6) is 11.5 Å². The highest BCUT2D eigenvalue weighted by Gasteiger charge is 2.25. The number of benzene rings is 2. The molecule has 0 radical (unpaired) electrons. The summed E-state index contributed by atoms with van der Waals surface area (Å²) >= 11 is 0. The molecular weight excluding hydrogens is 426 g/mol. The fourth-order valence-electron chi connectivity index (χ4n) is 5.47. The molecule has 0 bridgehead atoms. The summed E-state index contributed by atoms with van der Waals surface area (Å²) in [6.45, 7) is 4.93. The van der Waals surface area contributed by atoms with Crippen molar-refractivity contribution in [1.82, 2.24) is 14.4 Å². The molecule has 2 aliphatic rings. The van der Waals surface area contributed by atoms with E-state index in [0.717, 1.165) is 88.4 Å². The van der Waals surface area contributed by atoms with E-state index in [9.17, 15) is 4.79 Å². The number of rotatable bonds is 8. The van der Waals surface area contributed by atoms with Crippen molar-refractivity contribution in [3.8, 4) is 17.2 Å². The zero-order valence-corrected chi connectivity index (χ0v) is 20.4. The number of aromatic nitrogens is 1. The summed E-state index contributed by atoms with van der Waals surface area (Å²) in [7, 11) is 3.43. The third kappa shape index (κ3) is 4.51. The van der Waals surface area contributed by atoms with Gasteiger partial charge in [0.25, 0.3) is 0 Å². The molecule has 3 aromatic rings. The fraction of sp³-hybridized carbons (Fsp3) is 0.464. The van der Waals surface area contributed by atoms with E-state index in [2.05, 4.69) is 38.6 Å². The van der Waals surface area contributed by atoms with E-state index in [1.165, 1.54) is 22.2 Å². The second-order valence-electron chi connectivity index (χ2n) is 9.41. The zero-order valence-electron chi connectivity index (χ0n) is 20.4. The number of likely N-dealkylation sites (tertiary alicyclic amines) is 1. The monoisotopic (exact) mass is 461 g/mol. The first kappa shape index (κ1) is 22.8. The Hall–Kier alpha value is -2.99. The quantitative estimate of drug-likeness (QED) is 0.452. The van der Waals surface area contributed by atoms with E-state index in [0.29, 0.717) is 5.91 Å². The van der Waals surface area contributed by atoms with Crippen LogP contribution in [0.3, 0.4) is 0 Å². The number of hydrogen-bond donors (Lipinski definition) is 0. The Bertz CT molecular complexity index is 1150. The standard InChI is InChI=1S/C28H35N3O3/c1-33-22-10-8-21(9-11-22)31-26-13-12-23(34-2)19-24(26)25-20-29(18-14-27(25)31)15-5-6-17-30-16-4-3-7-28(30)32/h8-13,19H,3-7,14-18,20H2,1-2H3. The normalized spacial score (nSPS) is 16.6. The van der Waals surface area contributed by atoms with E-state index in [1.807, 2.05) is 18.2 Å². The second kappa shape index (κ2) is 10.1. The van der Waals surface area contributed by atoms with E-state index < -0.39 is 0 Å². The molecule has 180 valence electrons. The molecular formula is C28H35N3O3. The fourth-order valence-corrected chi connectivity index (χ4v) is 5.47. The number of hydrogen-bond acceptors (Lipinski definition) is 4. The van der Waals surface area contributed by atoms with Crippen LogP contribution in [0.1, 0.15) is 43.4 Å². The van der Waals surface area contributed by atoms with Crippen molar-refractivity contribution in [1.29, 1.82) is 0 Å². The van der Waals surface area contributed by atoms with Gasteiger partial charge in [-0.1, -0.05) is 0 Å². The molecule has 0 unspecified atom stereocenters. The number of fused-ring (bicyclic) bond motifs is 3. The minimum absolute atomic E-state index is 0.342. The predicted octanol–water partition coefficient (Wildman–Crippen LogP) is 4.80. The van der Waals surface area contributed by atoms with E-state index >= 15 is 0 Å². The van der Waals surface area contributed by atoms with Crippen molar-refractivity contribution in [2.45, 2.75) is 45.1 Å².